The largest absolute Gasteiger partial charge is 0.416 e. The quantitative estimate of drug-likeness (QED) is 0.128. The van der Waals surface area contributed by atoms with Crippen molar-refractivity contribution in [2.24, 2.45) is 27.9 Å². The maximum absolute atomic E-state index is 13.3. The molecule has 43 heavy (non-hydrogen) atoms. The average molecular weight is 618 g/mol. The number of rotatable bonds is 13. The van der Waals surface area contributed by atoms with Crippen molar-refractivity contribution < 1.29 is 40.7 Å². The zero-order valence-electron chi connectivity index (χ0n) is 22.9. The molecule has 2 atom stereocenters. The number of amidine groups is 1. The molecule has 0 saturated heterocycles. The minimum Gasteiger partial charge on any atom is -0.383 e. The number of hydrogen-bond donors (Lipinski definition) is 5. The van der Waals surface area contributed by atoms with Gasteiger partial charge in [-0.1, -0.05) is 30.3 Å². The Morgan fingerprint density at radius 3 is 1.91 bits per heavy atom. The van der Waals surface area contributed by atoms with Gasteiger partial charge in [-0.15, -0.1) is 0 Å². The van der Waals surface area contributed by atoms with Crippen LogP contribution in [0.3, 0.4) is 0 Å². The predicted molar refractivity (Wildman–Crippen MR) is 146 cm³/mol. The van der Waals surface area contributed by atoms with Crippen molar-refractivity contribution in [3.8, 4) is 0 Å². The molecule has 0 bridgehead atoms. The summed E-state index contributed by atoms with van der Waals surface area (Å²) in [5, 5.41) is 2.37. The third-order valence-corrected chi connectivity index (χ3v) is 6.18. The minimum atomic E-state index is -5.15. The number of nitrogens with zero attached hydrogens (tertiary/aromatic N) is 2. The highest BCUT2D eigenvalue weighted by Gasteiger charge is 2.37. The van der Waals surface area contributed by atoms with E-state index >= 15 is 0 Å². The van der Waals surface area contributed by atoms with E-state index in [1.807, 2.05) is 0 Å². The van der Waals surface area contributed by atoms with Crippen LogP contribution in [0.5, 0.6) is 0 Å². The summed E-state index contributed by atoms with van der Waals surface area (Å²) in [4.78, 5) is 43.4. The molecule has 2 rings (SSSR count). The van der Waals surface area contributed by atoms with Crippen molar-refractivity contribution in [2.75, 3.05) is 26.2 Å². The Balaban J connectivity index is 2.34. The molecule has 0 aliphatic carbocycles. The standard InChI is InChI=1S/C27H33F6N7O3/c28-26(29,30)18-12-17(13-19(14-18)27(31,32)33)23(37)39-25(43)21(7-6-16-4-2-1-3-5-16)38-24(42)20(36)15-22(41)40(10-8-34)11-9-35/h1-5,12-14,20-21H,6-11,15,34-36H2,(H,38,42)(H2,37,39,43)/t20-,21-/m0/s1. The van der Waals surface area contributed by atoms with Gasteiger partial charge in [0.05, 0.1) is 23.6 Å². The summed E-state index contributed by atoms with van der Waals surface area (Å²) in [6.07, 6.45) is -10.6. The normalized spacial score (nSPS) is 13.7. The molecule has 9 N–H and O–H groups in total. The molecular formula is C27H33F6N7O3. The van der Waals surface area contributed by atoms with Gasteiger partial charge in [-0.3, -0.25) is 14.4 Å². The van der Waals surface area contributed by atoms with Crippen LogP contribution in [0.15, 0.2) is 53.5 Å². The lowest BCUT2D eigenvalue weighted by Gasteiger charge is -2.23. The number of benzene rings is 2. The number of alkyl halides is 6. The second-order valence-corrected chi connectivity index (χ2v) is 9.48. The number of aliphatic imine (C=N–C) groups is 1. The van der Waals surface area contributed by atoms with Gasteiger partial charge in [0.25, 0.3) is 5.91 Å². The molecular weight excluding hydrogens is 584 g/mol. The maximum Gasteiger partial charge on any atom is 0.416 e. The minimum absolute atomic E-state index is 0.0884. The lowest BCUT2D eigenvalue weighted by Crippen LogP contribution is -2.50. The number of hydrogen-bond acceptors (Lipinski definition) is 6. The van der Waals surface area contributed by atoms with Crippen molar-refractivity contribution in [2.45, 2.75) is 43.7 Å². The summed E-state index contributed by atoms with van der Waals surface area (Å²) in [5.41, 5.74) is 19.2. The van der Waals surface area contributed by atoms with Crippen LogP contribution in [0.25, 0.3) is 0 Å². The molecule has 0 aliphatic heterocycles. The van der Waals surface area contributed by atoms with Crippen LogP contribution in [0, 0.1) is 0 Å². The van der Waals surface area contributed by atoms with Gasteiger partial charge in [0.1, 0.15) is 11.9 Å². The molecule has 3 amide bonds. The number of nitrogens with two attached hydrogens (primary N) is 4. The number of carbonyl (C=O) groups is 3. The molecule has 236 valence electrons. The molecule has 0 radical (unpaired) electrons. The number of halogens is 6. The van der Waals surface area contributed by atoms with E-state index in [1.54, 1.807) is 30.3 Å². The first kappa shape index (κ1) is 35.2. The number of amides is 3. The molecule has 0 aliphatic rings. The molecule has 0 unspecified atom stereocenters. The summed E-state index contributed by atoms with van der Waals surface area (Å²) in [6.45, 7) is 0.613. The van der Waals surface area contributed by atoms with Crippen LogP contribution < -0.4 is 28.3 Å². The van der Waals surface area contributed by atoms with Crippen molar-refractivity contribution in [1.82, 2.24) is 10.2 Å². The topological polar surface area (TPSA) is 183 Å². The molecule has 2 aromatic carbocycles. The van der Waals surface area contributed by atoms with Gasteiger partial charge in [-0.2, -0.15) is 31.3 Å². The SMILES string of the molecule is NCCN(CCN)C(=O)C[C@H](N)C(=O)N[C@@H](CCc1ccccc1)C(=O)N=C(N)c1cc(C(F)(F)F)cc(C(F)(F)F)c1. The second-order valence-electron chi connectivity index (χ2n) is 9.48. The molecule has 0 saturated carbocycles. The fourth-order valence-electron chi connectivity index (χ4n) is 3.94. The van der Waals surface area contributed by atoms with Gasteiger partial charge in [0.2, 0.25) is 11.8 Å². The van der Waals surface area contributed by atoms with Crippen molar-refractivity contribution in [3.63, 3.8) is 0 Å². The van der Waals surface area contributed by atoms with E-state index in [9.17, 15) is 40.7 Å². The monoisotopic (exact) mass is 617 g/mol. The zero-order valence-corrected chi connectivity index (χ0v) is 22.9. The lowest BCUT2D eigenvalue weighted by atomic mass is 10.0. The fourth-order valence-corrected chi connectivity index (χ4v) is 3.94. The maximum atomic E-state index is 13.3. The first-order valence-corrected chi connectivity index (χ1v) is 13.0. The lowest BCUT2D eigenvalue weighted by molar-refractivity contribution is -0.143. The van der Waals surface area contributed by atoms with Crippen molar-refractivity contribution >= 4 is 23.6 Å². The van der Waals surface area contributed by atoms with Gasteiger partial charge < -0.3 is 33.2 Å². The smallest absolute Gasteiger partial charge is 0.383 e. The highest BCUT2D eigenvalue weighted by molar-refractivity contribution is 6.06. The van der Waals surface area contributed by atoms with Gasteiger partial charge >= 0.3 is 12.4 Å². The Morgan fingerprint density at radius 2 is 1.42 bits per heavy atom. The van der Waals surface area contributed by atoms with E-state index in [2.05, 4.69) is 10.3 Å². The van der Waals surface area contributed by atoms with Gasteiger partial charge in [0.15, 0.2) is 0 Å². The Hall–Kier alpha value is -4.02. The number of nitrogens with one attached hydrogen (secondary N) is 1. The van der Waals surface area contributed by atoms with Gasteiger partial charge in [0, 0.05) is 31.7 Å². The summed E-state index contributed by atoms with van der Waals surface area (Å²) in [6, 6.07) is 6.37. The van der Waals surface area contributed by atoms with E-state index in [-0.39, 0.29) is 45.1 Å². The molecule has 0 spiro atoms. The second kappa shape index (κ2) is 15.5. The third-order valence-electron chi connectivity index (χ3n) is 6.18. The van der Waals surface area contributed by atoms with Crippen molar-refractivity contribution in [1.29, 1.82) is 0 Å². The van der Waals surface area contributed by atoms with Crippen LogP contribution in [0.2, 0.25) is 0 Å². The zero-order chi connectivity index (χ0) is 32.4. The average Bonchev–Trinajstić information content (AvgIpc) is 2.94. The predicted octanol–water partition coefficient (Wildman–Crippen LogP) is 1.54. The van der Waals surface area contributed by atoms with Crippen LogP contribution in [-0.4, -0.2) is 66.7 Å². The molecule has 10 nitrogen and oxygen atoms in total. The number of aryl methyl sites for hydroxylation is 1. The molecule has 2 aromatic rings. The first-order chi connectivity index (χ1) is 20.1. The van der Waals surface area contributed by atoms with E-state index in [0.717, 1.165) is 5.56 Å². The van der Waals surface area contributed by atoms with Gasteiger partial charge in [-0.25, -0.2) is 0 Å². The molecule has 0 fully saturated rings. The highest BCUT2D eigenvalue weighted by Crippen LogP contribution is 2.36. The Bertz CT molecular complexity index is 1250. The summed E-state index contributed by atoms with van der Waals surface area (Å²) < 4.78 is 79.7. The van der Waals surface area contributed by atoms with E-state index in [0.29, 0.717) is 12.1 Å². The van der Waals surface area contributed by atoms with Crippen LogP contribution in [0.4, 0.5) is 26.3 Å². The highest BCUT2D eigenvalue weighted by atomic mass is 19.4. The van der Waals surface area contributed by atoms with Crippen LogP contribution in [0.1, 0.15) is 35.1 Å². The van der Waals surface area contributed by atoms with E-state index in [1.165, 1.54) is 4.90 Å². The van der Waals surface area contributed by atoms with Gasteiger partial charge in [-0.05, 0) is 36.6 Å². The Morgan fingerprint density at radius 1 is 0.884 bits per heavy atom. The Labute approximate surface area is 243 Å². The van der Waals surface area contributed by atoms with Crippen LogP contribution >= 0.6 is 0 Å². The van der Waals surface area contributed by atoms with Crippen molar-refractivity contribution in [3.05, 3.63) is 70.8 Å². The third kappa shape index (κ3) is 11.0. The summed E-state index contributed by atoms with van der Waals surface area (Å²) >= 11 is 0. The molecule has 0 aromatic heterocycles. The molecule has 0 heterocycles. The fraction of sp³-hybridized carbons (Fsp3) is 0.407. The van der Waals surface area contributed by atoms with E-state index < -0.39 is 71.1 Å². The van der Waals surface area contributed by atoms with E-state index in [4.69, 9.17) is 22.9 Å². The Kier molecular flexibility index (Phi) is 12.6. The summed E-state index contributed by atoms with van der Waals surface area (Å²) in [5.74, 6) is -3.52. The molecule has 16 heteroatoms. The summed E-state index contributed by atoms with van der Waals surface area (Å²) in [7, 11) is 0. The number of carbonyl (C=O) groups excluding carboxylic acids is 3. The van der Waals surface area contributed by atoms with Crippen LogP contribution in [-0.2, 0) is 33.2 Å². The first-order valence-electron chi connectivity index (χ1n) is 13.0.